The molecule has 30 heavy (non-hydrogen) atoms. The van der Waals surface area contributed by atoms with Gasteiger partial charge >= 0.3 is 6.09 Å². The highest BCUT2D eigenvalue weighted by atomic mass is 127. The Morgan fingerprint density at radius 3 is 2.33 bits per heavy atom. The molecular formula is C20H35IN6O3. The first kappa shape index (κ1) is 27.9. The van der Waals surface area contributed by atoms with Crippen LogP contribution in [0.5, 0.6) is 0 Å². The summed E-state index contributed by atoms with van der Waals surface area (Å²) in [5, 5.41) is 11.8. The van der Waals surface area contributed by atoms with Crippen molar-refractivity contribution in [2.75, 3.05) is 25.5 Å². The van der Waals surface area contributed by atoms with E-state index in [4.69, 9.17) is 4.74 Å². The summed E-state index contributed by atoms with van der Waals surface area (Å²) in [6.45, 7) is 11.9. The van der Waals surface area contributed by atoms with Crippen LogP contribution >= 0.6 is 24.0 Å². The number of hydrogen-bond acceptors (Lipinski definition) is 5. The molecule has 0 saturated carbocycles. The number of alkyl carbamates (subject to hydrolysis) is 1. The van der Waals surface area contributed by atoms with Crippen LogP contribution in [0.2, 0.25) is 0 Å². The van der Waals surface area contributed by atoms with Crippen LogP contribution in [0.4, 0.5) is 10.6 Å². The molecule has 0 bridgehead atoms. The zero-order valence-corrected chi connectivity index (χ0v) is 21.2. The Balaban J connectivity index is 0.00000841. The Morgan fingerprint density at radius 2 is 1.80 bits per heavy atom. The highest BCUT2D eigenvalue weighted by Gasteiger charge is 2.24. The Bertz CT molecular complexity index is 714. The smallest absolute Gasteiger partial charge is 0.408 e. The van der Waals surface area contributed by atoms with Crippen LogP contribution in [0.3, 0.4) is 0 Å². The monoisotopic (exact) mass is 534 g/mol. The van der Waals surface area contributed by atoms with Crippen molar-refractivity contribution >= 4 is 47.8 Å². The molecule has 0 aromatic carbocycles. The normalized spacial score (nSPS) is 11.8. The van der Waals surface area contributed by atoms with Gasteiger partial charge in [0.15, 0.2) is 5.96 Å². The molecule has 0 aliphatic carbocycles. The van der Waals surface area contributed by atoms with Gasteiger partial charge in [0.2, 0.25) is 5.91 Å². The van der Waals surface area contributed by atoms with Crippen molar-refractivity contribution < 1.29 is 14.3 Å². The van der Waals surface area contributed by atoms with Crippen molar-refractivity contribution in [3.8, 4) is 0 Å². The molecule has 9 nitrogen and oxygen atoms in total. The van der Waals surface area contributed by atoms with E-state index in [0.717, 1.165) is 5.56 Å². The van der Waals surface area contributed by atoms with Crippen molar-refractivity contribution in [3.05, 3.63) is 23.9 Å². The molecule has 0 fully saturated rings. The van der Waals surface area contributed by atoms with E-state index in [1.54, 1.807) is 19.3 Å². The summed E-state index contributed by atoms with van der Waals surface area (Å²) in [5.74, 6) is 0.916. The number of aryl methyl sites for hydroxylation is 1. The molecule has 1 aromatic heterocycles. The summed E-state index contributed by atoms with van der Waals surface area (Å²) in [5.41, 5.74) is -0.0856. The van der Waals surface area contributed by atoms with Crippen molar-refractivity contribution in [2.45, 2.75) is 59.1 Å². The van der Waals surface area contributed by atoms with Crippen LogP contribution in [0.15, 0.2) is 23.3 Å². The van der Waals surface area contributed by atoms with Gasteiger partial charge in [0.25, 0.3) is 0 Å². The Labute approximate surface area is 196 Å². The topological polar surface area (TPSA) is 117 Å². The average molecular weight is 534 g/mol. The van der Waals surface area contributed by atoms with Crippen LogP contribution in [0.25, 0.3) is 0 Å². The van der Waals surface area contributed by atoms with Crippen molar-refractivity contribution in [1.29, 1.82) is 0 Å². The van der Waals surface area contributed by atoms with Crippen molar-refractivity contribution in [2.24, 2.45) is 4.99 Å². The standard InChI is InChI=1S/C20H34N6O3.HI/c1-14-8-9-15(23-12-14)25-16(27)10-11-22-17(21-7)24-13-20(5,6)26-18(28)29-19(2,3)4;/h8-9,12H,10-11,13H2,1-7H3,(H,26,28)(H2,21,22,24)(H,23,25,27);1H. The molecule has 0 saturated heterocycles. The van der Waals surface area contributed by atoms with Gasteiger partial charge in [-0.05, 0) is 53.2 Å². The van der Waals surface area contributed by atoms with Gasteiger partial charge in [0.05, 0.1) is 5.54 Å². The van der Waals surface area contributed by atoms with E-state index in [1.807, 2.05) is 47.6 Å². The lowest BCUT2D eigenvalue weighted by molar-refractivity contribution is -0.116. The van der Waals surface area contributed by atoms with Crippen LogP contribution < -0.4 is 21.3 Å². The second kappa shape index (κ2) is 12.6. The van der Waals surface area contributed by atoms with E-state index in [0.29, 0.717) is 24.9 Å². The van der Waals surface area contributed by atoms with Crippen LogP contribution in [-0.4, -0.2) is 54.2 Å². The van der Waals surface area contributed by atoms with Crippen LogP contribution in [0.1, 0.15) is 46.6 Å². The van der Waals surface area contributed by atoms with E-state index >= 15 is 0 Å². The van der Waals surface area contributed by atoms with E-state index in [1.165, 1.54) is 0 Å². The number of amides is 2. The van der Waals surface area contributed by atoms with Crippen molar-refractivity contribution in [1.82, 2.24) is 20.9 Å². The number of ether oxygens (including phenoxy) is 1. The number of carbonyl (C=O) groups excluding carboxylic acids is 2. The number of halogens is 1. The number of carbonyl (C=O) groups is 2. The fraction of sp³-hybridized carbons (Fsp3) is 0.600. The van der Waals surface area contributed by atoms with E-state index in [9.17, 15) is 9.59 Å². The number of nitrogens with zero attached hydrogens (tertiary/aromatic N) is 2. The maximum Gasteiger partial charge on any atom is 0.408 e. The third kappa shape index (κ3) is 12.5. The number of rotatable bonds is 7. The molecule has 1 heterocycles. The number of aliphatic imine (C=N–C) groups is 1. The Morgan fingerprint density at radius 1 is 1.13 bits per heavy atom. The second-order valence-corrected chi connectivity index (χ2v) is 8.38. The molecule has 0 aliphatic rings. The van der Waals surface area contributed by atoms with Gasteiger partial charge in [0.1, 0.15) is 11.4 Å². The average Bonchev–Trinajstić information content (AvgIpc) is 2.57. The van der Waals surface area contributed by atoms with Gasteiger partial charge in [-0.25, -0.2) is 9.78 Å². The van der Waals surface area contributed by atoms with Gasteiger partial charge in [-0.2, -0.15) is 0 Å². The largest absolute Gasteiger partial charge is 0.444 e. The molecular weight excluding hydrogens is 499 g/mol. The first-order valence-corrected chi connectivity index (χ1v) is 9.58. The molecule has 1 aromatic rings. The maximum atomic E-state index is 12.0. The van der Waals surface area contributed by atoms with E-state index in [2.05, 4.69) is 31.2 Å². The minimum Gasteiger partial charge on any atom is -0.444 e. The van der Waals surface area contributed by atoms with Gasteiger partial charge in [-0.3, -0.25) is 9.79 Å². The summed E-state index contributed by atoms with van der Waals surface area (Å²) < 4.78 is 5.28. The number of nitrogens with one attached hydrogen (secondary N) is 4. The lowest BCUT2D eigenvalue weighted by atomic mass is 10.1. The highest BCUT2D eigenvalue weighted by Crippen LogP contribution is 2.09. The minimum absolute atomic E-state index is 0. The molecule has 0 radical (unpaired) electrons. The van der Waals surface area contributed by atoms with Gasteiger partial charge in [-0.1, -0.05) is 6.07 Å². The van der Waals surface area contributed by atoms with Gasteiger partial charge in [0, 0.05) is 32.8 Å². The first-order valence-electron chi connectivity index (χ1n) is 9.58. The summed E-state index contributed by atoms with van der Waals surface area (Å²) in [4.78, 5) is 32.2. The molecule has 0 atom stereocenters. The molecule has 1 rings (SSSR count). The zero-order valence-electron chi connectivity index (χ0n) is 18.9. The molecule has 2 amide bonds. The summed E-state index contributed by atoms with van der Waals surface area (Å²) in [7, 11) is 1.64. The number of pyridine rings is 1. The molecule has 170 valence electrons. The SMILES string of the molecule is CN=C(NCCC(=O)Nc1ccc(C)cn1)NCC(C)(C)NC(=O)OC(C)(C)C.I. The van der Waals surface area contributed by atoms with Gasteiger partial charge in [-0.15, -0.1) is 24.0 Å². The summed E-state index contributed by atoms with van der Waals surface area (Å²) in [6, 6.07) is 3.65. The zero-order chi connectivity index (χ0) is 22.1. The fourth-order valence-electron chi connectivity index (χ4n) is 2.19. The predicted octanol–water partition coefficient (Wildman–Crippen LogP) is 2.80. The highest BCUT2D eigenvalue weighted by molar-refractivity contribution is 14.0. The minimum atomic E-state index is -0.561. The molecule has 4 N–H and O–H groups in total. The summed E-state index contributed by atoms with van der Waals surface area (Å²) >= 11 is 0. The number of guanidine groups is 1. The van der Waals surface area contributed by atoms with Crippen LogP contribution in [0, 0.1) is 6.92 Å². The Hall–Kier alpha value is -2.11. The van der Waals surface area contributed by atoms with Crippen molar-refractivity contribution in [3.63, 3.8) is 0 Å². The second-order valence-electron chi connectivity index (χ2n) is 8.38. The third-order valence-electron chi connectivity index (χ3n) is 3.58. The predicted molar refractivity (Wildman–Crippen MR) is 130 cm³/mol. The Kier molecular flexibility index (Phi) is 11.7. The number of aromatic nitrogens is 1. The molecule has 0 aliphatic heterocycles. The van der Waals surface area contributed by atoms with E-state index in [-0.39, 0.29) is 36.3 Å². The quantitative estimate of drug-likeness (QED) is 0.243. The fourth-order valence-corrected chi connectivity index (χ4v) is 2.19. The third-order valence-corrected chi connectivity index (χ3v) is 3.58. The van der Waals surface area contributed by atoms with Crippen LogP contribution in [-0.2, 0) is 9.53 Å². The first-order chi connectivity index (χ1) is 13.4. The lowest BCUT2D eigenvalue weighted by Gasteiger charge is -2.29. The van der Waals surface area contributed by atoms with E-state index < -0.39 is 17.2 Å². The lowest BCUT2D eigenvalue weighted by Crippen LogP contribution is -2.54. The number of anilines is 1. The number of hydrogen-bond donors (Lipinski definition) is 4. The van der Waals surface area contributed by atoms with Gasteiger partial charge < -0.3 is 26.0 Å². The molecule has 10 heteroatoms. The molecule has 0 unspecified atom stereocenters. The molecule has 0 spiro atoms. The maximum absolute atomic E-state index is 12.0. The summed E-state index contributed by atoms with van der Waals surface area (Å²) in [6.07, 6.45) is 1.48.